The summed E-state index contributed by atoms with van der Waals surface area (Å²) < 4.78 is 6.40. The van der Waals surface area contributed by atoms with Crippen molar-refractivity contribution < 1.29 is 4.74 Å². The van der Waals surface area contributed by atoms with E-state index >= 15 is 0 Å². The quantitative estimate of drug-likeness (QED) is 0.918. The molecule has 100 valence electrons. The van der Waals surface area contributed by atoms with Crippen LogP contribution < -0.4 is 10.5 Å². The molecule has 0 aromatic heterocycles. The topological polar surface area (TPSA) is 35.2 Å². The second-order valence-corrected chi connectivity index (χ2v) is 6.36. The average molecular weight is 312 g/mol. The molecule has 18 heavy (non-hydrogen) atoms. The molecular formula is C15H22BrNO. The summed E-state index contributed by atoms with van der Waals surface area (Å²) in [5.41, 5.74) is 7.62. The van der Waals surface area contributed by atoms with E-state index < -0.39 is 0 Å². The van der Waals surface area contributed by atoms with Crippen molar-refractivity contribution in [1.29, 1.82) is 0 Å². The molecule has 1 saturated carbocycles. The highest BCUT2D eigenvalue weighted by Crippen LogP contribution is 2.34. The summed E-state index contributed by atoms with van der Waals surface area (Å²) in [7, 11) is 1.70. The van der Waals surface area contributed by atoms with Crippen LogP contribution in [0.25, 0.3) is 0 Å². The van der Waals surface area contributed by atoms with Gasteiger partial charge in [0.05, 0.1) is 7.11 Å². The number of halogens is 1. The maximum atomic E-state index is 6.37. The van der Waals surface area contributed by atoms with Crippen LogP contribution in [-0.4, -0.2) is 13.2 Å². The van der Waals surface area contributed by atoms with Gasteiger partial charge < -0.3 is 10.5 Å². The maximum Gasteiger partial charge on any atom is 0.119 e. The fraction of sp³-hybridized carbons (Fsp3) is 0.600. The van der Waals surface area contributed by atoms with Crippen molar-refractivity contribution in [2.24, 2.45) is 17.6 Å². The van der Waals surface area contributed by atoms with Crippen molar-refractivity contribution in [1.82, 2.24) is 0 Å². The zero-order valence-electron chi connectivity index (χ0n) is 11.2. The van der Waals surface area contributed by atoms with Crippen molar-refractivity contribution in [3.63, 3.8) is 0 Å². The Balaban J connectivity index is 2.04. The Morgan fingerprint density at radius 3 is 2.83 bits per heavy atom. The summed E-state index contributed by atoms with van der Waals surface area (Å²) in [5, 5.41) is 0. The first-order valence-electron chi connectivity index (χ1n) is 6.68. The first kappa shape index (κ1) is 13.9. The van der Waals surface area contributed by atoms with Crippen molar-refractivity contribution in [3.05, 3.63) is 28.2 Å². The third-order valence-corrected chi connectivity index (χ3v) is 4.82. The molecule has 0 aliphatic heterocycles. The molecule has 0 saturated heterocycles. The fourth-order valence-electron chi connectivity index (χ4n) is 2.90. The lowest BCUT2D eigenvalue weighted by atomic mass is 9.92. The van der Waals surface area contributed by atoms with Gasteiger partial charge in [0, 0.05) is 10.5 Å². The standard InChI is InChI=1S/C15H22BrNO/c1-10-3-4-11(7-10)15(17)9-12-8-13(18-2)5-6-14(12)16/h5-6,8,10-11,15H,3-4,7,9,17H2,1-2H3. The van der Waals surface area contributed by atoms with Crippen LogP contribution in [0.5, 0.6) is 5.75 Å². The van der Waals surface area contributed by atoms with Gasteiger partial charge >= 0.3 is 0 Å². The van der Waals surface area contributed by atoms with Gasteiger partial charge in [-0.3, -0.25) is 0 Å². The normalized spacial score (nSPS) is 25.1. The van der Waals surface area contributed by atoms with E-state index in [4.69, 9.17) is 10.5 Å². The van der Waals surface area contributed by atoms with E-state index in [2.05, 4.69) is 28.9 Å². The molecule has 2 N–H and O–H groups in total. The molecule has 3 unspecified atom stereocenters. The van der Waals surface area contributed by atoms with Crippen molar-refractivity contribution >= 4 is 15.9 Å². The molecule has 0 bridgehead atoms. The van der Waals surface area contributed by atoms with Crippen molar-refractivity contribution in [2.75, 3.05) is 7.11 Å². The van der Waals surface area contributed by atoms with E-state index in [1.165, 1.54) is 24.8 Å². The fourth-order valence-corrected chi connectivity index (χ4v) is 3.30. The zero-order chi connectivity index (χ0) is 13.1. The van der Waals surface area contributed by atoms with Gasteiger partial charge in [-0.1, -0.05) is 29.3 Å². The number of methoxy groups -OCH3 is 1. The smallest absolute Gasteiger partial charge is 0.119 e. The lowest BCUT2D eigenvalue weighted by Crippen LogP contribution is -2.31. The first-order valence-corrected chi connectivity index (χ1v) is 7.47. The third kappa shape index (κ3) is 3.27. The van der Waals surface area contributed by atoms with E-state index in [0.29, 0.717) is 5.92 Å². The predicted molar refractivity (Wildman–Crippen MR) is 78.9 cm³/mol. The van der Waals surface area contributed by atoms with Gasteiger partial charge in [-0.2, -0.15) is 0 Å². The number of nitrogens with two attached hydrogens (primary N) is 1. The Hall–Kier alpha value is -0.540. The summed E-state index contributed by atoms with van der Waals surface area (Å²) in [4.78, 5) is 0. The van der Waals surface area contributed by atoms with Gasteiger partial charge in [0.15, 0.2) is 0 Å². The van der Waals surface area contributed by atoms with E-state index in [1.807, 2.05) is 12.1 Å². The summed E-state index contributed by atoms with van der Waals surface area (Å²) in [6.45, 7) is 2.33. The molecule has 1 aromatic rings. The molecule has 0 amide bonds. The summed E-state index contributed by atoms with van der Waals surface area (Å²) >= 11 is 3.60. The Bertz CT molecular complexity index is 407. The SMILES string of the molecule is COc1ccc(Br)c(CC(N)C2CCC(C)C2)c1. The highest BCUT2D eigenvalue weighted by molar-refractivity contribution is 9.10. The molecule has 2 rings (SSSR count). The Kier molecular flexibility index (Phi) is 4.68. The molecule has 0 heterocycles. The minimum Gasteiger partial charge on any atom is -0.497 e. The molecular weight excluding hydrogens is 290 g/mol. The van der Waals surface area contributed by atoms with Gasteiger partial charge in [0.25, 0.3) is 0 Å². The second-order valence-electron chi connectivity index (χ2n) is 5.50. The molecule has 1 fully saturated rings. The van der Waals surface area contributed by atoms with Gasteiger partial charge in [0.1, 0.15) is 5.75 Å². The van der Waals surface area contributed by atoms with Crippen LogP contribution in [0.3, 0.4) is 0 Å². The average Bonchev–Trinajstić information content (AvgIpc) is 2.79. The number of ether oxygens (including phenoxy) is 1. The highest BCUT2D eigenvalue weighted by Gasteiger charge is 2.26. The number of hydrogen-bond acceptors (Lipinski definition) is 2. The van der Waals surface area contributed by atoms with Crippen LogP contribution in [0, 0.1) is 11.8 Å². The molecule has 2 nitrogen and oxygen atoms in total. The summed E-state index contributed by atoms with van der Waals surface area (Å²) in [6, 6.07) is 6.36. The van der Waals surface area contributed by atoms with Crippen molar-refractivity contribution in [2.45, 2.75) is 38.6 Å². The van der Waals surface area contributed by atoms with Gasteiger partial charge in [-0.05, 0) is 54.9 Å². The zero-order valence-corrected chi connectivity index (χ0v) is 12.7. The lowest BCUT2D eigenvalue weighted by molar-refractivity contribution is 0.406. The van der Waals surface area contributed by atoms with E-state index in [9.17, 15) is 0 Å². The second kappa shape index (κ2) is 6.07. The van der Waals surface area contributed by atoms with Gasteiger partial charge in [-0.15, -0.1) is 0 Å². The van der Waals surface area contributed by atoms with Gasteiger partial charge in [-0.25, -0.2) is 0 Å². The monoisotopic (exact) mass is 311 g/mol. The maximum absolute atomic E-state index is 6.37. The number of hydrogen-bond donors (Lipinski definition) is 1. The molecule has 0 spiro atoms. The van der Waals surface area contributed by atoms with Crippen LogP contribution in [0.1, 0.15) is 31.7 Å². The predicted octanol–water partition coefficient (Wildman–Crippen LogP) is 3.76. The van der Waals surface area contributed by atoms with E-state index in [0.717, 1.165) is 22.6 Å². The largest absolute Gasteiger partial charge is 0.497 e. The minimum atomic E-state index is 0.262. The van der Waals surface area contributed by atoms with Crippen molar-refractivity contribution in [3.8, 4) is 5.75 Å². The van der Waals surface area contributed by atoms with Gasteiger partial charge in [0.2, 0.25) is 0 Å². The third-order valence-electron chi connectivity index (χ3n) is 4.05. The van der Waals surface area contributed by atoms with E-state index in [-0.39, 0.29) is 6.04 Å². The Morgan fingerprint density at radius 2 is 2.22 bits per heavy atom. The molecule has 1 aromatic carbocycles. The minimum absolute atomic E-state index is 0.262. The van der Waals surface area contributed by atoms with Crippen LogP contribution in [0.15, 0.2) is 22.7 Å². The molecule has 0 radical (unpaired) electrons. The molecule has 1 aliphatic rings. The lowest BCUT2D eigenvalue weighted by Gasteiger charge is -2.20. The first-order chi connectivity index (χ1) is 8.60. The van der Waals surface area contributed by atoms with E-state index in [1.54, 1.807) is 7.11 Å². The number of benzene rings is 1. The van der Waals surface area contributed by atoms with Crippen LogP contribution in [0.2, 0.25) is 0 Å². The highest BCUT2D eigenvalue weighted by atomic mass is 79.9. The molecule has 1 aliphatic carbocycles. The molecule has 3 atom stereocenters. The Morgan fingerprint density at radius 1 is 1.44 bits per heavy atom. The van der Waals surface area contributed by atoms with Crippen LogP contribution in [-0.2, 0) is 6.42 Å². The summed E-state index contributed by atoms with van der Waals surface area (Å²) in [5.74, 6) is 2.42. The van der Waals surface area contributed by atoms with Crippen LogP contribution in [0.4, 0.5) is 0 Å². The Labute approximate surface area is 118 Å². The van der Waals surface area contributed by atoms with Crippen LogP contribution >= 0.6 is 15.9 Å². The molecule has 3 heteroatoms. The number of rotatable bonds is 4. The summed E-state index contributed by atoms with van der Waals surface area (Å²) in [6.07, 6.45) is 4.82.